The summed E-state index contributed by atoms with van der Waals surface area (Å²) in [7, 11) is 0. The van der Waals surface area contributed by atoms with E-state index in [0.29, 0.717) is 11.8 Å². The summed E-state index contributed by atoms with van der Waals surface area (Å²) in [5.41, 5.74) is 2.05. The Morgan fingerprint density at radius 2 is 2.06 bits per heavy atom. The molecule has 1 fully saturated rings. The lowest BCUT2D eigenvalue weighted by Gasteiger charge is -2.43. The summed E-state index contributed by atoms with van der Waals surface area (Å²) >= 11 is 0. The predicted molar refractivity (Wildman–Crippen MR) is 69.2 cm³/mol. The molecule has 0 amide bonds. The Hall–Kier alpha value is -1.11. The van der Waals surface area contributed by atoms with Crippen LogP contribution in [0, 0.1) is 17.3 Å². The van der Waals surface area contributed by atoms with Crippen molar-refractivity contribution in [1.82, 2.24) is 0 Å². The van der Waals surface area contributed by atoms with Crippen molar-refractivity contribution in [1.29, 1.82) is 0 Å². The molecule has 1 saturated carbocycles. The molecule has 0 radical (unpaired) electrons. The van der Waals surface area contributed by atoms with Crippen molar-refractivity contribution in [3.63, 3.8) is 0 Å². The molecule has 3 atom stereocenters. The van der Waals surface area contributed by atoms with Gasteiger partial charge >= 0.3 is 0 Å². The lowest BCUT2D eigenvalue weighted by molar-refractivity contribution is -0.105. The van der Waals surface area contributed by atoms with Crippen molar-refractivity contribution in [2.75, 3.05) is 0 Å². The first-order valence-corrected chi connectivity index (χ1v) is 5.87. The van der Waals surface area contributed by atoms with Crippen molar-refractivity contribution in [2.24, 2.45) is 17.3 Å². The van der Waals surface area contributed by atoms with Crippen molar-refractivity contribution >= 4 is 6.29 Å². The summed E-state index contributed by atoms with van der Waals surface area (Å²) in [6.45, 7) is 16.2. The molecule has 0 saturated heterocycles. The van der Waals surface area contributed by atoms with E-state index >= 15 is 0 Å². The molecule has 1 aliphatic carbocycles. The minimum absolute atomic E-state index is 0.130. The second-order valence-electron chi connectivity index (χ2n) is 5.27. The van der Waals surface area contributed by atoms with E-state index in [9.17, 15) is 4.79 Å². The molecule has 0 bridgehead atoms. The summed E-state index contributed by atoms with van der Waals surface area (Å²) in [6, 6.07) is 0. The maximum absolute atomic E-state index is 10.8. The Balaban J connectivity index is 2.89. The van der Waals surface area contributed by atoms with Crippen molar-refractivity contribution in [3.05, 3.63) is 37.0 Å². The first kappa shape index (κ1) is 13.0. The van der Waals surface area contributed by atoms with Crippen molar-refractivity contribution < 1.29 is 4.79 Å². The van der Waals surface area contributed by atoms with Gasteiger partial charge in [-0.25, -0.2) is 0 Å². The van der Waals surface area contributed by atoms with Crippen LogP contribution in [0.5, 0.6) is 0 Å². The van der Waals surface area contributed by atoms with Gasteiger partial charge in [0.1, 0.15) is 6.29 Å². The highest BCUT2D eigenvalue weighted by molar-refractivity contribution is 5.72. The first-order chi connectivity index (χ1) is 7.44. The van der Waals surface area contributed by atoms with Gasteiger partial charge in [-0.3, -0.25) is 4.79 Å². The number of aldehydes is 1. The third-order valence-corrected chi connectivity index (χ3v) is 4.08. The molecule has 1 aliphatic rings. The van der Waals surface area contributed by atoms with E-state index in [1.807, 2.05) is 6.08 Å². The third-order valence-electron chi connectivity index (χ3n) is 4.08. The molecule has 1 nitrogen and oxygen atoms in total. The molecule has 0 aromatic rings. The lowest BCUT2D eigenvalue weighted by Crippen LogP contribution is -2.34. The van der Waals surface area contributed by atoms with Gasteiger partial charge in [-0.05, 0) is 49.0 Å². The number of rotatable bonds is 4. The van der Waals surface area contributed by atoms with Gasteiger partial charge in [-0.15, -0.1) is 6.58 Å². The zero-order chi connectivity index (χ0) is 12.3. The SMILES string of the molecule is C=C[C@]1(C)CCC(C(=C)C=O)CC1C(=C)C. The molecule has 0 spiro atoms. The topological polar surface area (TPSA) is 17.1 Å². The van der Waals surface area contributed by atoms with Gasteiger partial charge < -0.3 is 0 Å². The van der Waals surface area contributed by atoms with Crippen LogP contribution >= 0.6 is 0 Å². The van der Waals surface area contributed by atoms with Gasteiger partial charge in [0.05, 0.1) is 0 Å². The van der Waals surface area contributed by atoms with E-state index in [0.717, 1.165) is 31.1 Å². The maximum atomic E-state index is 10.8. The molecule has 0 aromatic carbocycles. The Bertz CT molecular complexity index is 326. The summed E-state index contributed by atoms with van der Waals surface area (Å²) in [5, 5.41) is 0. The Morgan fingerprint density at radius 1 is 1.44 bits per heavy atom. The molecule has 0 N–H and O–H groups in total. The van der Waals surface area contributed by atoms with Gasteiger partial charge in [0, 0.05) is 0 Å². The zero-order valence-electron chi connectivity index (χ0n) is 10.5. The largest absolute Gasteiger partial charge is 0.298 e. The van der Waals surface area contributed by atoms with E-state index in [1.54, 1.807) is 0 Å². The number of carbonyl (C=O) groups is 1. The average molecular weight is 218 g/mol. The van der Waals surface area contributed by atoms with E-state index in [4.69, 9.17) is 0 Å². The molecule has 1 rings (SSSR count). The average Bonchev–Trinajstić information content (AvgIpc) is 2.28. The number of allylic oxidation sites excluding steroid dienone is 3. The molecule has 0 aromatic heterocycles. The molecule has 0 aliphatic heterocycles. The van der Waals surface area contributed by atoms with E-state index in [2.05, 4.69) is 33.6 Å². The first-order valence-electron chi connectivity index (χ1n) is 5.87. The van der Waals surface area contributed by atoms with Crippen LogP contribution < -0.4 is 0 Å². The second kappa shape index (κ2) is 4.82. The Labute approximate surface area is 98.9 Å². The highest BCUT2D eigenvalue weighted by atomic mass is 16.1. The highest BCUT2D eigenvalue weighted by Crippen LogP contribution is 2.48. The molecule has 2 unspecified atom stereocenters. The van der Waals surface area contributed by atoms with Gasteiger partial charge in [-0.1, -0.05) is 31.7 Å². The van der Waals surface area contributed by atoms with E-state index in [1.165, 1.54) is 5.57 Å². The predicted octanol–water partition coefficient (Wildman–Crippen LogP) is 3.93. The number of carbonyl (C=O) groups excluding carboxylic acids is 1. The fourth-order valence-corrected chi connectivity index (χ4v) is 2.77. The number of hydrogen-bond acceptors (Lipinski definition) is 1. The van der Waals surface area contributed by atoms with Crippen LogP contribution in [0.25, 0.3) is 0 Å². The minimum Gasteiger partial charge on any atom is -0.298 e. The third kappa shape index (κ3) is 2.34. The molecule has 0 heterocycles. The van der Waals surface area contributed by atoms with Crippen LogP contribution in [0.15, 0.2) is 37.0 Å². The van der Waals surface area contributed by atoms with E-state index < -0.39 is 0 Å². The lowest BCUT2D eigenvalue weighted by atomic mass is 9.61. The molecular weight excluding hydrogens is 196 g/mol. The summed E-state index contributed by atoms with van der Waals surface area (Å²) in [4.78, 5) is 10.8. The van der Waals surface area contributed by atoms with Crippen LogP contribution in [-0.2, 0) is 4.79 Å². The fraction of sp³-hybridized carbons (Fsp3) is 0.533. The highest BCUT2D eigenvalue weighted by Gasteiger charge is 2.38. The van der Waals surface area contributed by atoms with Crippen LogP contribution in [-0.4, -0.2) is 6.29 Å². The molecule has 1 heteroatoms. The normalized spacial score (nSPS) is 34.1. The van der Waals surface area contributed by atoms with Gasteiger partial charge in [-0.2, -0.15) is 0 Å². The van der Waals surface area contributed by atoms with Crippen LogP contribution in [0.3, 0.4) is 0 Å². The van der Waals surface area contributed by atoms with Crippen molar-refractivity contribution in [3.8, 4) is 0 Å². The standard InChI is InChI=1S/C15H22O/c1-6-15(5)8-7-13(12(4)10-16)9-14(15)11(2)3/h6,10,13-14H,1-2,4,7-9H2,3,5H3/t13?,14?,15-/m1/s1. The zero-order valence-corrected chi connectivity index (χ0v) is 10.5. The Kier molecular flexibility index (Phi) is 3.90. The molecule has 88 valence electrons. The quantitative estimate of drug-likeness (QED) is 0.397. The van der Waals surface area contributed by atoms with Gasteiger partial charge in [0.2, 0.25) is 0 Å². The van der Waals surface area contributed by atoms with Crippen LogP contribution in [0.2, 0.25) is 0 Å². The molecule has 16 heavy (non-hydrogen) atoms. The molecular formula is C15H22O. The van der Waals surface area contributed by atoms with Crippen LogP contribution in [0.4, 0.5) is 0 Å². The summed E-state index contributed by atoms with van der Waals surface area (Å²) in [6.07, 6.45) is 6.02. The summed E-state index contributed by atoms with van der Waals surface area (Å²) < 4.78 is 0. The minimum atomic E-state index is 0.130. The smallest absolute Gasteiger partial charge is 0.145 e. The Morgan fingerprint density at radius 3 is 2.50 bits per heavy atom. The van der Waals surface area contributed by atoms with Gasteiger partial charge in [0.25, 0.3) is 0 Å². The number of hydrogen-bond donors (Lipinski definition) is 0. The van der Waals surface area contributed by atoms with Crippen LogP contribution in [0.1, 0.15) is 33.1 Å². The maximum Gasteiger partial charge on any atom is 0.145 e. The summed E-state index contributed by atoms with van der Waals surface area (Å²) in [5.74, 6) is 0.743. The van der Waals surface area contributed by atoms with Crippen molar-refractivity contribution in [2.45, 2.75) is 33.1 Å². The second-order valence-corrected chi connectivity index (χ2v) is 5.27. The monoisotopic (exact) mass is 218 g/mol. The fourth-order valence-electron chi connectivity index (χ4n) is 2.77. The van der Waals surface area contributed by atoms with Gasteiger partial charge in [0.15, 0.2) is 0 Å². The van der Waals surface area contributed by atoms with E-state index in [-0.39, 0.29) is 5.41 Å².